The Bertz CT molecular complexity index is 2270. The van der Waals surface area contributed by atoms with E-state index in [1.54, 1.807) is 46.5 Å². The standard InChI is InChI=1S/C40H50N8O8S/c1-21(2)33(45-39(51)55-5)37(49)47-15-7-9-29(47)35-41-19-27(43-35)23-11-13-25-26-14-12-24(18-32(26)57(53,54)31(25)17-23)28-20-42-36(44-28)30-10-8-16-48(30)38(50)34(22(3)4)46-40(52)56-6/h11-14,17-22,29-30,33-34,39,45,51H,7-10,15-16H2,1-6H3,(H,41,43)(H,42,44)(H,46,52)/t29-,30-,33-,34-,39?/m1/s1. The third kappa shape index (κ3) is 7.56. The molecule has 304 valence electrons. The SMILES string of the molecule is COC(=O)N[C@@H](C(=O)N1CCC[C@@H]1c1ncc(-c2ccc3c(c2)S(=O)(=O)c2cc(-c4cnc([C@H]5CCCN5C(=O)[C@H](NC(O)OC)C(C)C)[nH]4)ccc2-3)[nH]1)C(C)C. The predicted octanol–water partition coefficient (Wildman–Crippen LogP) is 4.52. The van der Waals surface area contributed by atoms with Crippen molar-refractivity contribution >= 4 is 27.7 Å². The van der Waals surface area contributed by atoms with Gasteiger partial charge in [0.15, 0.2) is 0 Å². The summed E-state index contributed by atoms with van der Waals surface area (Å²) in [6, 6.07) is 8.56. The van der Waals surface area contributed by atoms with Crippen LogP contribution in [-0.4, -0.2) is 107 Å². The van der Waals surface area contributed by atoms with Crippen LogP contribution in [-0.2, 0) is 28.9 Å². The van der Waals surface area contributed by atoms with Crippen LogP contribution in [0.3, 0.4) is 0 Å². The quantitative estimate of drug-likeness (QED) is 0.111. The smallest absolute Gasteiger partial charge is 0.407 e. The second-order valence-corrected chi connectivity index (χ2v) is 17.4. The third-order valence-corrected chi connectivity index (χ3v) is 13.1. The van der Waals surface area contributed by atoms with Gasteiger partial charge in [-0.05, 0) is 49.7 Å². The molecule has 1 unspecified atom stereocenters. The highest BCUT2D eigenvalue weighted by Gasteiger charge is 2.40. The summed E-state index contributed by atoms with van der Waals surface area (Å²) >= 11 is 0. The highest BCUT2D eigenvalue weighted by molar-refractivity contribution is 7.92. The van der Waals surface area contributed by atoms with Gasteiger partial charge in [0, 0.05) is 42.5 Å². The molecular formula is C40H50N8O8S. The van der Waals surface area contributed by atoms with Crippen LogP contribution in [0.1, 0.15) is 77.1 Å². The third-order valence-electron chi connectivity index (χ3n) is 11.2. The van der Waals surface area contributed by atoms with Crippen LogP contribution in [0, 0.1) is 11.8 Å². The number of alkyl carbamates (subject to hydrolysis) is 1. The number of rotatable bonds is 12. The highest BCUT2D eigenvalue weighted by atomic mass is 32.2. The molecule has 0 spiro atoms. The fourth-order valence-electron chi connectivity index (χ4n) is 8.15. The number of aromatic nitrogens is 4. The van der Waals surface area contributed by atoms with Crippen LogP contribution in [0.15, 0.2) is 58.6 Å². The summed E-state index contributed by atoms with van der Waals surface area (Å²) in [4.78, 5) is 59.1. The van der Waals surface area contributed by atoms with E-state index in [0.29, 0.717) is 71.2 Å². The van der Waals surface area contributed by atoms with Crippen molar-refractivity contribution < 1.29 is 37.4 Å². The number of methoxy groups -OCH3 is 2. The van der Waals surface area contributed by atoms with Gasteiger partial charge < -0.3 is 39.7 Å². The molecule has 0 aliphatic carbocycles. The van der Waals surface area contributed by atoms with Crippen molar-refractivity contribution in [3.8, 4) is 33.6 Å². The molecule has 16 nitrogen and oxygen atoms in total. The Kier molecular flexibility index (Phi) is 11.3. The van der Waals surface area contributed by atoms with Gasteiger partial charge in [0.2, 0.25) is 28.1 Å². The van der Waals surface area contributed by atoms with Gasteiger partial charge in [-0.15, -0.1) is 0 Å². The molecule has 5 atom stereocenters. The second kappa shape index (κ2) is 16.0. The highest BCUT2D eigenvalue weighted by Crippen LogP contribution is 2.46. The Morgan fingerprint density at radius 3 is 1.70 bits per heavy atom. The number of carbonyl (C=O) groups is 3. The minimum Gasteiger partial charge on any atom is -0.453 e. The molecule has 2 aromatic carbocycles. The van der Waals surface area contributed by atoms with E-state index in [1.165, 1.54) is 14.2 Å². The van der Waals surface area contributed by atoms with Gasteiger partial charge in [0.05, 0.1) is 58.8 Å². The van der Waals surface area contributed by atoms with Gasteiger partial charge in [-0.2, -0.15) is 0 Å². The van der Waals surface area contributed by atoms with Gasteiger partial charge in [0.25, 0.3) is 0 Å². The van der Waals surface area contributed by atoms with Crippen molar-refractivity contribution in [2.24, 2.45) is 11.8 Å². The molecule has 0 saturated carbocycles. The Morgan fingerprint density at radius 2 is 1.26 bits per heavy atom. The summed E-state index contributed by atoms with van der Waals surface area (Å²) in [7, 11) is -1.29. The van der Waals surface area contributed by atoms with E-state index in [4.69, 9.17) is 9.47 Å². The zero-order valence-electron chi connectivity index (χ0n) is 32.9. The molecule has 2 fully saturated rings. The van der Waals surface area contributed by atoms with Crippen molar-refractivity contribution in [3.05, 3.63) is 60.4 Å². The minimum atomic E-state index is -3.90. The number of aromatic amines is 2. The first-order valence-corrected chi connectivity index (χ1v) is 20.8. The number of nitrogens with one attached hydrogen (secondary N) is 4. The van der Waals surface area contributed by atoms with E-state index >= 15 is 0 Å². The van der Waals surface area contributed by atoms with Crippen molar-refractivity contribution in [1.29, 1.82) is 0 Å². The van der Waals surface area contributed by atoms with Gasteiger partial charge >= 0.3 is 6.09 Å². The molecule has 3 aliphatic rings. The van der Waals surface area contributed by atoms with Crippen LogP contribution < -0.4 is 10.6 Å². The normalized spacial score (nSPS) is 20.1. The lowest BCUT2D eigenvalue weighted by Gasteiger charge is -2.31. The second-order valence-electron chi connectivity index (χ2n) is 15.5. The number of carbonyl (C=O) groups excluding carboxylic acids is 3. The Hall–Kier alpha value is -5.10. The van der Waals surface area contributed by atoms with E-state index in [9.17, 15) is 27.9 Å². The van der Waals surface area contributed by atoms with E-state index < -0.39 is 34.4 Å². The molecule has 0 radical (unpaired) electrons. The number of aliphatic hydroxyl groups excluding tert-OH is 1. The molecule has 57 heavy (non-hydrogen) atoms. The topological polar surface area (TPSA) is 212 Å². The van der Waals surface area contributed by atoms with Crippen LogP contribution in [0.2, 0.25) is 0 Å². The van der Waals surface area contributed by atoms with Gasteiger partial charge in [0.1, 0.15) is 17.7 Å². The molecule has 3 amide bonds. The first-order valence-electron chi connectivity index (χ1n) is 19.3. The molecule has 5 N–H and O–H groups in total. The average Bonchev–Trinajstić information content (AvgIpc) is 4.05. The van der Waals surface area contributed by atoms with Crippen LogP contribution >= 0.6 is 0 Å². The summed E-state index contributed by atoms with van der Waals surface area (Å²) in [5.41, 5.74) is 3.71. The van der Waals surface area contributed by atoms with Crippen molar-refractivity contribution in [3.63, 3.8) is 0 Å². The molecule has 3 aliphatic heterocycles. The maximum absolute atomic E-state index is 14.1. The van der Waals surface area contributed by atoms with E-state index in [1.807, 2.05) is 39.8 Å². The number of aliphatic hydroxyl groups is 1. The van der Waals surface area contributed by atoms with Crippen molar-refractivity contribution in [2.75, 3.05) is 27.3 Å². The van der Waals surface area contributed by atoms with Crippen molar-refractivity contribution in [2.45, 2.75) is 93.8 Å². The summed E-state index contributed by atoms with van der Waals surface area (Å²) < 4.78 is 37.9. The summed E-state index contributed by atoms with van der Waals surface area (Å²) in [6.45, 7) is 8.57. The van der Waals surface area contributed by atoms with E-state index in [2.05, 4.69) is 30.6 Å². The Labute approximate surface area is 331 Å². The number of amides is 3. The fourth-order valence-corrected chi connectivity index (χ4v) is 9.89. The summed E-state index contributed by atoms with van der Waals surface area (Å²) in [5, 5.41) is 15.5. The molecule has 4 aromatic rings. The molecule has 2 aromatic heterocycles. The molecule has 5 heterocycles. The van der Waals surface area contributed by atoms with E-state index in [0.717, 1.165) is 12.8 Å². The zero-order valence-corrected chi connectivity index (χ0v) is 33.7. The maximum atomic E-state index is 14.1. The lowest BCUT2D eigenvalue weighted by atomic mass is 10.0. The largest absolute Gasteiger partial charge is 0.453 e. The lowest BCUT2D eigenvalue weighted by Crippen LogP contribution is -2.52. The molecule has 17 heteroatoms. The maximum Gasteiger partial charge on any atom is 0.407 e. The number of sulfone groups is 1. The molecular weight excluding hydrogens is 753 g/mol. The number of nitrogens with zero attached hydrogens (tertiary/aromatic N) is 4. The predicted molar refractivity (Wildman–Crippen MR) is 209 cm³/mol. The Morgan fingerprint density at radius 1 is 0.789 bits per heavy atom. The zero-order chi connectivity index (χ0) is 40.8. The van der Waals surface area contributed by atoms with Gasteiger partial charge in [-0.1, -0.05) is 52.0 Å². The first-order chi connectivity index (χ1) is 27.2. The number of imidazole rings is 2. The van der Waals surface area contributed by atoms with E-state index in [-0.39, 0.29) is 45.5 Å². The minimum absolute atomic E-state index is 0.108. The van der Waals surface area contributed by atoms with Crippen molar-refractivity contribution in [1.82, 2.24) is 40.4 Å². The number of benzene rings is 2. The number of hydrogen-bond donors (Lipinski definition) is 5. The monoisotopic (exact) mass is 802 g/mol. The number of hydrogen-bond acceptors (Lipinski definition) is 11. The number of H-pyrrole nitrogens is 2. The number of fused-ring (bicyclic) bond motifs is 3. The summed E-state index contributed by atoms with van der Waals surface area (Å²) in [6.07, 6.45) is 4.29. The lowest BCUT2D eigenvalue weighted by molar-refractivity contribution is -0.145. The molecule has 2 saturated heterocycles. The number of ether oxygens (including phenoxy) is 2. The Balaban J connectivity index is 1.10. The van der Waals surface area contributed by atoms with Crippen LogP contribution in [0.25, 0.3) is 33.6 Å². The summed E-state index contributed by atoms with van der Waals surface area (Å²) in [5.74, 6) is 0.532. The number of likely N-dealkylation sites (tertiary alicyclic amines) is 2. The first kappa shape index (κ1) is 40.1. The van der Waals surface area contributed by atoms with Crippen LogP contribution in [0.4, 0.5) is 4.79 Å². The molecule has 7 rings (SSSR count). The van der Waals surface area contributed by atoms with Crippen LogP contribution in [0.5, 0.6) is 0 Å². The van der Waals surface area contributed by atoms with Gasteiger partial charge in [-0.25, -0.2) is 23.2 Å². The fraction of sp³-hybridized carbons (Fsp3) is 0.475. The van der Waals surface area contributed by atoms with Gasteiger partial charge in [-0.3, -0.25) is 14.9 Å². The molecule has 0 bridgehead atoms. The average molecular weight is 803 g/mol.